The maximum atomic E-state index is 12.3. The molecule has 3 N–H and O–H groups in total. The molecule has 0 aliphatic carbocycles. The van der Waals surface area contributed by atoms with Crippen LogP contribution in [0, 0.1) is 0 Å². The third kappa shape index (κ3) is 3.63. The molecule has 0 amide bonds. The van der Waals surface area contributed by atoms with Gasteiger partial charge in [-0.05, 0) is 24.3 Å². The van der Waals surface area contributed by atoms with E-state index in [1.807, 2.05) is 0 Å². The number of hydrogen-bond donors (Lipinski definition) is 2. The zero-order chi connectivity index (χ0) is 13.8. The van der Waals surface area contributed by atoms with Gasteiger partial charge in [0.15, 0.2) is 0 Å². The molecule has 100 valence electrons. The minimum atomic E-state index is -4.38. The summed E-state index contributed by atoms with van der Waals surface area (Å²) in [4.78, 5) is 11.2. The Morgan fingerprint density at radius 1 is 1.39 bits per heavy atom. The Kier molecular flexibility index (Phi) is 4.55. The van der Waals surface area contributed by atoms with E-state index in [-0.39, 0.29) is 6.54 Å². The average molecular weight is 262 g/mol. The Balaban J connectivity index is 2.77. The first-order valence-electron chi connectivity index (χ1n) is 5.10. The molecule has 1 aromatic rings. The third-order valence-electron chi connectivity index (χ3n) is 2.27. The lowest BCUT2D eigenvalue weighted by molar-refractivity contribution is -0.141. The number of ether oxygens (including phenoxy) is 1. The quantitative estimate of drug-likeness (QED) is 0.809. The highest BCUT2D eigenvalue weighted by atomic mass is 19.4. The summed E-state index contributed by atoms with van der Waals surface area (Å²) in [5.74, 6) is -0.572. The van der Waals surface area contributed by atoms with Gasteiger partial charge in [-0.15, -0.1) is 0 Å². The van der Waals surface area contributed by atoms with Crippen molar-refractivity contribution in [3.05, 3.63) is 29.8 Å². The van der Waals surface area contributed by atoms with Gasteiger partial charge in [0, 0.05) is 12.2 Å². The molecule has 7 heteroatoms. The van der Waals surface area contributed by atoms with E-state index in [0.717, 1.165) is 12.1 Å². The smallest absolute Gasteiger partial charge is 0.416 e. The largest absolute Gasteiger partial charge is 0.467 e. The van der Waals surface area contributed by atoms with Crippen molar-refractivity contribution in [2.75, 3.05) is 19.0 Å². The van der Waals surface area contributed by atoms with Gasteiger partial charge < -0.3 is 15.8 Å². The predicted molar refractivity (Wildman–Crippen MR) is 59.9 cm³/mol. The van der Waals surface area contributed by atoms with Crippen LogP contribution in [-0.4, -0.2) is 25.7 Å². The second-order valence-corrected chi connectivity index (χ2v) is 3.53. The van der Waals surface area contributed by atoms with E-state index >= 15 is 0 Å². The van der Waals surface area contributed by atoms with Crippen LogP contribution in [0.3, 0.4) is 0 Å². The number of carbonyl (C=O) groups excluding carboxylic acids is 1. The lowest BCUT2D eigenvalue weighted by Crippen LogP contribution is -2.37. The van der Waals surface area contributed by atoms with Crippen molar-refractivity contribution in [3.8, 4) is 0 Å². The normalized spacial score (nSPS) is 12.9. The van der Waals surface area contributed by atoms with Crippen LogP contribution in [0.25, 0.3) is 0 Å². The van der Waals surface area contributed by atoms with E-state index in [1.165, 1.54) is 19.2 Å². The van der Waals surface area contributed by atoms with Crippen LogP contribution in [0.15, 0.2) is 24.3 Å². The van der Waals surface area contributed by atoms with Crippen LogP contribution in [0.2, 0.25) is 0 Å². The molecule has 4 nitrogen and oxygen atoms in total. The Hall–Kier alpha value is -1.76. The number of nitrogens with one attached hydrogen (secondary N) is 1. The summed E-state index contributed by atoms with van der Waals surface area (Å²) in [6.45, 7) is -0.0201. The Bertz CT molecular complexity index is 404. The summed E-state index contributed by atoms with van der Waals surface area (Å²) >= 11 is 0. The number of nitrogens with two attached hydrogens (primary N) is 1. The van der Waals surface area contributed by atoms with Crippen molar-refractivity contribution in [2.24, 2.45) is 5.73 Å². The molecule has 0 heterocycles. The number of benzene rings is 1. The van der Waals surface area contributed by atoms with E-state index in [4.69, 9.17) is 5.73 Å². The molecule has 0 aromatic heterocycles. The number of rotatable bonds is 4. The number of esters is 1. The maximum Gasteiger partial charge on any atom is 0.416 e. The zero-order valence-electron chi connectivity index (χ0n) is 9.62. The molecule has 0 fully saturated rings. The monoisotopic (exact) mass is 262 g/mol. The van der Waals surface area contributed by atoms with Crippen LogP contribution in [0.5, 0.6) is 0 Å². The van der Waals surface area contributed by atoms with Crippen LogP contribution in [0.1, 0.15) is 5.56 Å². The van der Waals surface area contributed by atoms with Gasteiger partial charge in [-0.2, -0.15) is 13.2 Å². The first-order valence-corrected chi connectivity index (χ1v) is 5.10. The zero-order valence-corrected chi connectivity index (χ0v) is 9.62. The molecule has 0 aliphatic rings. The van der Waals surface area contributed by atoms with Gasteiger partial charge in [0.25, 0.3) is 0 Å². The van der Waals surface area contributed by atoms with Crippen molar-refractivity contribution >= 4 is 11.7 Å². The van der Waals surface area contributed by atoms with E-state index in [2.05, 4.69) is 10.1 Å². The number of anilines is 1. The van der Waals surface area contributed by atoms with Gasteiger partial charge >= 0.3 is 12.1 Å². The molecule has 1 unspecified atom stereocenters. The van der Waals surface area contributed by atoms with Gasteiger partial charge in [-0.1, -0.05) is 0 Å². The molecular formula is C11H13F3N2O2. The summed E-state index contributed by atoms with van der Waals surface area (Å²) in [6.07, 6.45) is -4.38. The van der Waals surface area contributed by atoms with E-state index in [0.29, 0.717) is 5.69 Å². The molecule has 1 aromatic carbocycles. The standard InChI is InChI=1S/C11H13F3N2O2/c1-18-10(17)9(6-15)16-8-4-2-7(3-5-8)11(12,13)14/h2-5,9,16H,6,15H2,1H3. The fraction of sp³-hybridized carbons (Fsp3) is 0.364. The summed E-state index contributed by atoms with van der Waals surface area (Å²) in [6, 6.07) is 3.52. The van der Waals surface area contributed by atoms with E-state index in [1.54, 1.807) is 0 Å². The number of methoxy groups -OCH3 is 1. The number of alkyl halides is 3. The molecule has 0 radical (unpaired) electrons. The van der Waals surface area contributed by atoms with Crippen molar-refractivity contribution in [2.45, 2.75) is 12.2 Å². The molecular weight excluding hydrogens is 249 g/mol. The first-order chi connectivity index (χ1) is 8.38. The highest BCUT2D eigenvalue weighted by molar-refractivity contribution is 5.79. The fourth-order valence-corrected chi connectivity index (χ4v) is 1.31. The summed E-state index contributed by atoms with van der Waals surface area (Å²) < 4.78 is 41.4. The third-order valence-corrected chi connectivity index (χ3v) is 2.27. The minimum absolute atomic E-state index is 0.0201. The van der Waals surface area contributed by atoms with Crippen molar-refractivity contribution < 1.29 is 22.7 Å². The maximum absolute atomic E-state index is 12.3. The second kappa shape index (κ2) is 5.72. The Labute approximate surface area is 102 Å². The number of carbonyl (C=O) groups is 1. The fourth-order valence-electron chi connectivity index (χ4n) is 1.31. The van der Waals surface area contributed by atoms with Crippen molar-refractivity contribution in [1.29, 1.82) is 0 Å². The number of halogens is 3. The molecule has 1 atom stereocenters. The summed E-state index contributed by atoms with van der Waals surface area (Å²) in [5.41, 5.74) is 4.96. The van der Waals surface area contributed by atoms with Gasteiger partial charge in [0.05, 0.1) is 12.7 Å². The highest BCUT2D eigenvalue weighted by Gasteiger charge is 2.30. The topological polar surface area (TPSA) is 64.3 Å². The molecule has 18 heavy (non-hydrogen) atoms. The molecule has 0 saturated heterocycles. The lowest BCUT2D eigenvalue weighted by atomic mass is 10.2. The van der Waals surface area contributed by atoms with Crippen LogP contribution < -0.4 is 11.1 Å². The lowest BCUT2D eigenvalue weighted by Gasteiger charge is -2.16. The van der Waals surface area contributed by atoms with E-state index in [9.17, 15) is 18.0 Å². The van der Waals surface area contributed by atoms with Crippen molar-refractivity contribution in [1.82, 2.24) is 0 Å². The van der Waals surface area contributed by atoms with Crippen LogP contribution in [-0.2, 0) is 15.7 Å². The van der Waals surface area contributed by atoms with Gasteiger partial charge in [0.1, 0.15) is 6.04 Å². The van der Waals surface area contributed by atoms with Gasteiger partial charge in [0.2, 0.25) is 0 Å². The Morgan fingerprint density at radius 2 is 1.94 bits per heavy atom. The highest BCUT2D eigenvalue weighted by Crippen LogP contribution is 2.29. The minimum Gasteiger partial charge on any atom is -0.467 e. The predicted octanol–water partition coefficient (Wildman–Crippen LogP) is 1.62. The van der Waals surface area contributed by atoms with Crippen molar-refractivity contribution in [3.63, 3.8) is 0 Å². The first kappa shape index (κ1) is 14.3. The van der Waals surface area contributed by atoms with Crippen LogP contribution >= 0.6 is 0 Å². The van der Waals surface area contributed by atoms with Gasteiger partial charge in [-0.3, -0.25) is 0 Å². The number of hydrogen-bond acceptors (Lipinski definition) is 4. The van der Waals surface area contributed by atoms with Crippen LogP contribution in [0.4, 0.5) is 18.9 Å². The molecule has 0 saturated carbocycles. The van der Waals surface area contributed by atoms with Gasteiger partial charge in [-0.25, -0.2) is 4.79 Å². The van der Waals surface area contributed by atoms with E-state index < -0.39 is 23.8 Å². The molecule has 0 bridgehead atoms. The molecule has 1 rings (SSSR count). The second-order valence-electron chi connectivity index (χ2n) is 3.53. The SMILES string of the molecule is COC(=O)C(CN)Nc1ccc(C(F)(F)F)cc1. The summed E-state index contributed by atoms with van der Waals surface area (Å²) in [7, 11) is 1.21. The summed E-state index contributed by atoms with van der Waals surface area (Å²) in [5, 5.41) is 2.69. The average Bonchev–Trinajstić information content (AvgIpc) is 2.34. The molecule has 0 aliphatic heterocycles. The molecule has 0 spiro atoms. The Morgan fingerprint density at radius 3 is 2.33 bits per heavy atom.